The van der Waals surface area contributed by atoms with Crippen LogP contribution in [-0.2, 0) is 20.0 Å². The van der Waals surface area contributed by atoms with E-state index in [0.29, 0.717) is 12.8 Å². The van der Waals surface area contributed by atoms with Crippen molar-refractivity contribution in [3.05, 3.63) is 72.3 Å². The van der Waals surface area contributed by atoms with Crippen LogP contribution in [0.25, 0.3) is 0 Å². The molecule has 188 valence electrons. The number of hydrogen-bond donors (Lipinski definition) is 0. The highest BCUT2D eigenvalue weighted by atomic mass is 32.2. The lowest BCUT2D eigenvalue weighted by Crippen LogP contribution is -2.56. The first-order valence-electron chi connectivity index (χ1n) is 11.8. The molecule has 8 heteroatoms. The minimum Gasteiger partial charge on any atom is -0.207 e. The second-order valence-corrected chi connectivity index (χ2v) is 12.7. The predicted molar refractivity (Wildman–Crippen MR) is 140 cm³/mol. The van der Waals surface area contributed by atoms with Crippen molar-refractivity contribution in [3.63, 3.8) is 0 Å². The monoisotopic (exact) mass is 514 g/mol. The van der Waals surface area contributed by atoms with Crippen molar-refractivity contribution in [3.8, 4) is 11.8 Å². The van der Waals surface area contributed by atoms with E-state index in [-0.39, 0.29) is 22.9 Å². The zero-order valence-electron chi connectivity index (χ0n) is 20.6. The first-order chi connectivity index (χ1) is 16.6. The van der Waals surface area contributed by atoms with Crippen molar-refractivity contribution >= 4 is 20.0 Å². The maximum Gasteiger partial charge on any atom is 0.244 e. The molecule has 0 amide bonds. The Kier molecular flexibility index (Phi) is 8.94. The maximum atomic E-state index is 13.8. The van der Waals surface area contributed by atoms with Crippen molar-refractivity contribution in [2.75, 3.05) is 13.1 Å². The number of aryl methyl sites for hydroxylation is 2. The summed E-state index contributed by atoms with van der Waals surface area (Å²) in [5, 5.41) is 0. The van der Waals surface area contributed by atoms with Crippen molar-refractivity contribution in [1.82, 2.24) is 8.61 Å². The van der Waals surface area contributed by atoms with E-state index >= 15 is 0 Å². The zero-order chi connectivity index (χ0) is 25.6. The fraction of sp³-hybridized carbons (Fsp3) is 0.407. The topological polar surface area (TPSA) is 74.8 Å². The summed E-state index contributed by atoms with van der Waals surface area (Å²) in [5.41, 5.74) is 1.92. The number of benzene rings is 2. The molecule has 2 atom stereocenters. The van der Waals surface area contributed by atoms with Gasteiger partial charge < -0.3 is 0 Å². The van der Waals surface area contributed by atoms with E-state index in [1.807, 2.05) is 13.8 Å². The summed E-state index contributed by atoms with van der Waals surface area (Å²) in [6.07, 6.45) is 4.30. The number of hydrogen-bond acceptors (Lipinski definition) is 4. The molecule has 1 fully saturated rings. The third-order valence-electron chi connectivity index (χ3n) is 6.41. The Morgan fingerprint density at radius 2 is 1.26 bits per heavy atom. The van der Waals surface area contributed by atoms with Gasteiger partial charge in [-0.3, -0.25) is 0 Å². The van der Waals surface area contributed by atoms with Crippen molar-refractivity contribution in [2.45, 2.75) is 68.3 Å². The van der Waals surface area contributed by atoms with E-state index in [2.05, 4.69) is 18.4 Å². The Balaban J connectivity index is 2.09. The molecule has 0 radical (unpaired) electrons. The summed E-state index contributed by atoms with van der Waals surface area (Å²) in [7, 11) is -7.78. The molecular weight excluding hydrogens is 480 g/mol. The Morgan fingerprint density at radius 1 is 0.829 bits per heavy atom. The fourth-order valence-corrected chi connectivity index (χ4v) is 7.77. The number of rotatable bonds is 9. The number of sulfonamides is 2. The van der Waals surface area contributed by atoms with Gasteiger partial charge in [-0.2, -0.15) is 8.61 Å². The molecule has 2 aromatic carbocycles. The van der Waals surface area contributed by atoms with Crippen LogP contribution >= 0.6 is 0 Å². The summed E-state index contributed by atoms with van der Waals surface area (Å²) in [5.74, 6) is 5.71. The van der Waals surface area contributed by atoms with Gasteiger partial charge in [0.05, 0.1) is 16.3 Å². The van der Waals surface area contributed by atoms with E-state index in [0.717, 1.165) is 24.0 Å². The van der Waals surface area contributed by atoms with Crippen LogP contribution in [-0.4, -0.2) is 50.6 Å². The summed E-state index contributed by atoms with van der Waals surface area (Å²) in [4.78, 5) is 0.373. The van der Waals surface area contributed by atoms with Gasteiger partial charge in [0, 0.05) is 18.6 Å². The lowest BCUT2D eigenvalue weighted by molar-refractivity contribution is 0.158. The van der Waals surface area contributed by atoms with Gasteiger partial charge in [-0.25, -0.2) is 16.8 Å². The zero-order valence-corrected chi connectivity index (χ0v) is 22.3. The first-order valence-corrected chi connectivity index (χ1v) is 14.7. The molecule has 1 saturated carbocycles. The summed E-state index contributed by atoms with van der Waals surface area (Å²) >= 11 is 0. The Labute approximate surface area is 210 Å². The first kappa shape index (κ1) is 27.2. The second-order valence-electron chi connectivity index (χ2n) is 8.89. The Hall–Kier alpha value is -2.44. The van der Waals surface area contributed by atoms with E-state index < -0.39 is 32.1 Å². The van der Waals surface area contributed by atoms with Crippen LogP contribution in [0.15, 0.2) is 71.0 Å². The van der Waals surface area contributed by atoms with Gasteiger partial charge in [-0.15, -0.1) is 12.5 Å². The highest BCUT2D eigenvalue weighted by Crippen LogP contribution is 2.34. The van der Waals surface area contributed by atoms with Crippen LogP contribution in [0.1, 0.15) is 43.7 Å². The molecule has 2 aromatic rings. The van der Waals surface area contributed by atoms with Gasteiger partial charge in [0.15, 0.2) is 0 Å². The summed E-state index contributed by atoms with van der Waals surface area (Å²) < 4.78 is 57.9. The molecule has 0 heterocycles. The van der Waals surface area contributed by atoms with E-state index in [1.54, 1.807) is 61.5 Å². The van der Waals surface area contributed by atoms with Crippen LogP contribution in [0.5, 0.6) is 0 Å². The van der Waals surface area contributed by atoms with Gasteiger partial charge in [-0.1, -0.05) is 60.2 Å². The summed E-state index contributed by atoms with van der Waals surface area (Å²) in [6.45, 7) is 9.34. The smallest absolute Gasteiger partial charge is 0.207 e. The minimum atomic E-state index is -3.90. The highest BCUT2D eigenvalue weighted by molar-refractivity contribution is 7.89. The Bertz CT molecular complexity index is 1290. The molecule has 0 unspecified atom stereocenters. The van der Waals surface area contributed by atoms with Gasteiger partial charge in [-0.05, 0) is 57.9 Å². The van der Waals surface area contributed by atoms with E-state index in [9.17, 15) is 16.8 Å². The molecule has 0 aromatic heterocycles. The van der Waals surface area contributed by atoms with Crippen LogP contribution in [0, 0.1) is 25.7 Å². The van der Waals surface area contributed by atoms with Gasteiger partial charge in [0.2, 0.25) is 20.0 Å². The molecule has 0 bridgehead atoms. The standard InChI is InChI=1S/C27H34N2O4S2/c1-5-7-21-29(35(32,33)25-18-14-23(4)15-19-25)27-11-9-8-10-26(27)28(20-6-2)34(30,31)24-16-12-22(3)13-17-24/h6,12-19,26-27H,2,8-11,20-21H2,1,3-4H3/t26-,27-/m0/s1. The van der Waals surface area contributed by atoms with Gasteiger partial charge in [0.25, 0.3) is 0 Å². The quantitative estimate of drug-likeness (QED) is 0.365. The minimum absolute atomic E-state index is 0.000382. The molecule has 1 aliphatic rings. The highest BCUT2D eigenvalue weighted by Gasteiger charge is 2.43. The predicted octanol–water partition coefficient (Wildman–Crippen LogP) is 4.51. The number of nitrogens with zero attached hydrogens (tertiary/aromatic N) is 2. The average molecular weight is 515 g/mol. The van der Waals surface area contributed by atoms with E-state index in [4.69, 9.17) is 0 Å². The molecular formula is C27H34N2O4S2. The molecule has 35 heavy (non-hydrogen) atoms. The molecule has 0 aliphatic heterocycles. The molecule has 1 aliphatic carbocycles. The van der Waals surface area contributed by atoms with Gasteiger partial charge >= 0.3 is 0 Å². The molecule has 0 spiro atoms. The third-order valence-corrected chi connectivity index (χ3v) is 10.2. The molecule has 6 nitrogen and oxygen atoms in total. The molecule has 0 N–H and O–H groups in total. The van der Waals surface area contributed by atoms with Crippen LogP contribution in [0.2, 0.25) is 0 Å². The Morgan fingerprint density at radius 3 is 1.69 bits per heavy atom. The van der Waals surface area contributed by atoms with Crippen LogP contribution in [0.4, 0.5) is 0 Å². The average Bonchev–Trinajstić information content (AvgIpc) is 2.83. The van der Waals surface area contributed by atoms with Crippen LogP contribution < -0.4 is 0 Å². The normalized spacial score (nSPS) is 18.8. The van der Waals surface area contributed by atoms with Gasteiger partial charge in [0.1, 0.15) is 0 Å². The fourth-order valence-electron chi connectivity index (χ4n) is 4.53. The molecule has 3 rings (SSSR count). The van der Waals surface area contributed by atoms with E-state index in [1.165, 1.54) is 8.61 Å². The summed E-state index contributed by atoms with van der Waals surface area (Å²) in [6, 6.07) is 12.4. The SMILES string of the molecule is C=CCN([C@H]1CCCC[C@@H]1N(CC#CC)S(=O)(=O)c1ccc(C)cc1)S(=O)(=O)c1ccc(C)cc1. The van der Waals surface area contributed by atoms with Crippen LogP contribution in [0.3, 0.4) is 0 Å². The maximum absolute atomic E-state index is 13.8. The largest absolute Gasteiger partial charge is 0.244 e. The van der Waals surface area contributed by atoms with Crippen molar-refractivity contribution in [2.24, 2.45) is 0 Å². The third kappa shape index (κ3) is 6.04. The second kappa shape index (κ2) is 11.5. The molecule has 0 saturated heterocycles. The van der Waals surface area contributed by atoms with Crippen molar-refractivity contribution < 1.29 is 16.8 Å². The lowest BCUT2D eigenvalue weighted by Gasteiger charge is -2.43. The van der Waals surface area contributed by atoms with Crippen molar-refractivity contribution in [1.29, 1.82) is 0 Å². The lowest BCUT2D eigenvalue weighted by atomic mass is 9.90.